The van der Waals surface area contributed by atoms with E-state index in [2.05, 4.69) is 41.1 Å². The largest absolute Gasteiger partial charge is 0.493 e. The van der Waals surface area contributed by atoms with Crippen LogP contribution in [0, 0.1) is 0 Å². The van der Waals surface area contributed by atoms with Crippen molar-refractivity contribution in [2.75, 3.05) is 61.7 Å². The molecule has 190 valence electrons. The lowest BCUT2D eigenvalue weighted by atomic mass is 9.77. The summed E-state index contributed by atoms with van der Waals surface area (Å²) in [7, 11) is 8.84. The molecule has 1 aliphatic heterocycles. The molecule has 7 nitrogen and oxygen atoms in total. The van der Waals surface area contributed by atoms with Gasteiger partial charge in [0.15, 0.2) is 23.0 Å². The molecular weight excluding hydrogens is 444 g/mol. The number of benzene rings is 2. The summed E-state index contributed by atoms with van der Waals surface area (Å²) < 4.78 is 21.9. The van der Waals surface area contributed by atoms with Gasteiger partial charge in [-0.05, 0) is 85.8 Å². The van der Waals surface area contributed by atoms with Gasteiger partial charge < -0.3 is 28.6 Å². The first-order valence-electron chi connectivity index (χ1n) is 12.4. The fraction of sp³-hybridized carbons (Fsp3) is 0.536. The fourth-order valence-electron chi connectivity index (χ4n) is 5.46. The molecule has 7 heteroatoms. The van der Waals surface area contributed by atoms with Crippen LogP contribution < -0.4 is 18.9 Å². The number of carbonyl (C=O) groups excluding carboxylic acids is 1. The Morgan fingerprint density at radius 2 is 1.40 bits per heavy atom. The molecule has 1 unspecified atom stereocenters. The normalized spacial score (nSPS) is 18.1. The van der Waals surface area contributed by atoms with Crippen LogP contribution in [0.4, 0.5) is 0 Å². The Hall–Kier alpha value is -2.77. The second-order valence-electron chi connectivity index (χ2n) is 9.57. The van der Waals surface area contributed by atoms with Crippen molar-refractivity contribution in [1.82, 2.24) is 9.80 Å². The molecule has 1 aliphatic carbocycles. The Labute approximate surface area is 208 Å². The number of hydrogen-bond acceptors (Lipinski definition) is 7. The predicted octanol–water partition coefficient (Wildman–Crippen LogP) is 3.35. The highest BCUT2D eigenvalue weighted by molar-refractivity contribution is 5.58. The highest BCUT2D eigenvalue weighted by Crippen LogP contribution is 2.42. The van der Waals surface area contributed by atoms with Crippen molar-refractivity contribution in [2.24, 2.45) is 0 Å². The van der Waals surface area contributed by atoms with Crippen LogP contribution in [-0.2, 0) is 24.1 Å². The molecule has 4 rings (SSSR count). The van der Waals surface area contributed by atoms with Crippen LogP contribution in [-0.4, -0.2) is 83.8 Å². The quantitative estimate of drug-likeness (QED) is 0.455. The van der Waals surface area contributed by atoms with Crippen LogP contribution in [0.3, 0.4) is 0 Å². The molecule has 1 heterocycles. The lowest BCUT2D eigenvalue weighted by Gasteiger charge is -2.35. The van der Waals surface area contributed by atoms with Crippen LogP contribution in [0.2, 0.25) is 0 Å². The molecule has 2 aliphatic rings. The van der Waals surface area contributed by atoms with E-state index < -0.39 is 0 Å². The minimum absolute atomic E-state index is 0.0754. The van der Waals surface area contributed by atoms with Crippen molar-refractivity contribution < 1.29 is 23.7 Å². The van der Waals surface area contributed by atoms with Gasteiger partial charge in [-0.3, -0.25) is 4.90 Å². The molecule has 0 amide bonds. The van der Waals surface area contributed by atoms with Gasteiger partial charge in [-0.25, -0.2) is 0 Å². The van der Waals surface area contributed by atoms with Gasteiger partial charge in [-0.2, -0.15) is 0 Å². The molecule has 0 radical (unpaired) electrons. The Balaban J connectivity index is 1.32. The summed E-state index contributed by atoms with van der Waals surface area (Å²) >= 11 is 0. The average Bonchev–Trinajstić information content (AvgIpc) is 3.08. The summed E-state index contributed by atoms with van der Waals surface area (Å²) in [5.74, 6) is 3.60. The lowest BCUT2D eigenvalue weighted by Crippen LogP contribution is -2.41. The van der Waals surface area contributed by atoms with Crippen LogP contribution >= 0.6 is 0 Å². The maximum Gasteiger partial charge on any atom is 0.161 e. The van der Waals surface area contributed by atoms with Crippen LogP contribution in [0.1, 0.15) is 34.6 Å². The SMILES string of the molecule is COc1cc2c(cc1OC)CCN(C(C=O)CCN(C)C[C@@H]1Cc3cc(OC)c(OC)cc31)CC2. The average molecular weight is 483 g/mol. The van der Waals surface area contributed by atoms with E-state index in [0.29, 0.717) is 5.92 Å². The maximum atomic E-state index is 12.1. The number of nitrogens with zero attached hydrogens (tertiary/aromatic N) is 2. The third kappa shape index (κ3) is 5.41. The molecule has 0 aromatic heterocycles. The molecule has 0 bridgehead atoms. The van der Waals surface area contributed by atoms with Crippen LogP contribution in [0.5, 0.6) is 23.0 Å². The molecule has 0 spiro atoms. The monoisotopic (exact) mass is 482 g/mol. The van der Waals surface area contributed by atoms with Crippen molar-refractivity contribution in [2.45, 2.75) is 37.6 Å². The van der Waals surface area contributed by atoms with E-state index in [0.717, 1.165) is 81.1 Å². The van der Waals surface area contributed by atoms with E-state index in [4.69, 9.17) is 18.9 Å². The molecule has 0 saturated heterocycles. The molecule has 2 aromatic carbocycles. The van der Waals surface area contributed by atoms with Gasteiger partial charge in [0.1, 0.15) is 6.29 Å². The first-order valence-corrected chi connectivity index (χ1v) is 12.4. The molecule has 2 aromatic rings. The van der Waals surface area contributed by atoms with Crippen LogP contribution in [0.15, 0.2) is 24.3 Å². The Morgan fingerprint density at radius 3 is 1.91 bits per heavy atom. The maximum absolute atomic E-state index is 12.1. The zero-order chi connectivity index (χ0) is 24.9. The number of aldehydes is 1. The molecule has 0 saturated carbocycles. The summed E-state index contributed by atoms with van der Waals surface area (Å²) in [4.78, 5) is 16.7. The Bertz CT molecular complexity index is 1010. The fourth-order valence-corrected chi connectivity index (χ4v) is 5.46. The number of rotatable bonds is 11. The summed E-state index contributed by atoms with van der Waals surface area (Å²) in [5.41, 5.74) is 5.24. The number of hydrogen-bond donors (Lipinski definition) is 0. The number of ether oxygens (including phenoxy) is 4. The minimum atomic E-state index is -0.0754. The number of fused-ring (bicyclic) bond motifs is 2. The number of likely N-dealkylation sites (N-methyl/N-ethyl adjacent to an activating group) is 1. The van der Waals surface area contributed by atoms with Crippen molar-refractivity contribution in [3.63, 3.8) is 0 Å². The van der Waals surface area contributed by atoms with E-state index >= 15 is 0 Å². The molecule has 0 N–H and O–H groups in total. The summed E-state index contributed by atoms with van der Waals surface area (Å²) in [6.45, 7) is 3.59. The van der Waals surface area contributed by atoms with Gasteiger partial charge in [0.2, 0.25) is 0 Å². The third-order valence-corrected chi connectivity index (χ3v) is 7.56. The number of carbonyl (C=O) groups is 1. The minimum Gasteiger partial charge on any atom is -0.493 e. The first-order chi connectivity index (χ1) is 17.0. The summed E-state index contributed by atoms with van der Waals surface area (Å²) in [6.07, 6.45) is 4.81. The lowest BCUT2D eigenvalue weighted by molar-refractivity contribution is -0.112. The summed E-state index contributed by atoms with van der Waals surface area (Å²) in [5, 5.41) is 0. The third-order valence-electron chi connectivity index (χ3n) is 7.56. The van der Waals surface area contributed by atoms with Crippen molar-refractivity contribution in [3.8, 4) is 23.0 Å². The standard InChI is InChI=1S/C28H38N2O5/c1-29(17-22-12-21-15-27(34-4)28(35-5)16-24(21)22)9-8-23(18-31)30-10-6-19-13-25(32-2)26(33-3)14-20(19)7-11-30/h13-16,18,22-23H,6-12,17H2,1-5H3/t22-,23?/m0/s1. The smallest absolute Gasteiger partial charge is 0.161 e. The zero-order valence-corrected chi connectivity index (χ0v) is 21.6. The van der Waals surface area contributed by atoms with Crippen molar-refractivity contribution in [1.29, 1.82) is 0 Å². The van der Waals surface area contributed by atoms with Crippen molar-refractivity contribution in [3.05, 3.63) is 46.5 Å². The highest BCUT2D eigenvalue weighted by Gasteiger charge is 2.30. The van der Waals surface area contributed by atoms with Crippen molar-refractivity contribution >= 4 is 6.29 Å². The Kier molecular flexibility index (Phi) is 8.19. The molecular formula is C28H38N2O5. The van der Waals surface area contributed by atoms with Gasteiger partial charge in [0.05, 0.1) is 34.5 Å². The van der Waals surface area contributed by atoms with Gasteiger partial charge in [-0.1, -0.05) is 0 Å². The van der Waals surface area contributed by atoms with E-state index in [9.17, 15) is 4.79 Å². The highest BCUT2D eigenvalue weighted by atomic mass is 16.5. The first kappa shape index (κ1) is 25.3. The predicted molar refractivity (Wildman–Crippen MR) is 136 cm³/mol. The zero-order valence-electron chi connectivity index (χ0n) is 21.6. The van der Waals surface area contributed by atoms with E-state index in [-0.39, 0.29) is 6.04 Å². The van der Waals surface area contributed by atoms with E-state index in [1.807, 2.05) is 0 Å². The van der Waals surface area contributed by atoms with E-state index in [1.54, 1.807) is 28.4 Å². The Morgan fingerprint density at radius 1 is 0.886 bits per heavy atom. The second kappa shape index (κ2) is 11.3. The van der Waals surface area contributed by atoms with Crippen LogP contribution in [0.25, 0.3) is 0 Å². The summed E-state index contributed by atoms with van der Waals surface area (Å²) in [6, 6.07) is 8.30. The van der Waals surface area contributed by atoms with Gasteiger partial charge in [0, 0.05) is 25.6 Å². The number of methoxy groups -OCH3 is 4. The topological polar surface area (TPSA) is 60.5 Å². The molecule has 35 heavy (non-hydrogen) atoms. The second-order valence-corrected chi connectivity index (χ2v) is 9.57. The molecule has 2 atom stereocenters. The van der Waals surface area contributed by atoms with Gasteiger partial charge in [-0.15, -0.1) is 0 Å². The molecule has 0 fully saturated rings. The van der Waals surface area contributed by atoms with E-state index in [1.165, 1.54) is 22.3 Å². The van der Waals surface area contributed by atoms with Gasteiger partial charge in [0.25, 0.3) is 0 Å². The van der Waals surface area contributed by atoms with Gasteiger partial charge >= 0.3 is 0 Å².